The predicted octanol–water partition coefficient (Wildman–Crippen LogP) is 2.59. The molecule has 0 N–H and O–H groups in total. The lowest BCUT2D eigenvalue weighted by Gasteiger charge is -2.59. The highest BCUT2D eigenvalue weighted by atomic mass is 16.6. The normalized spacial score (nSPS) is 37.6. The topological polar surface area (TPSA) is 21.6 Å². The third kappa shape index (κ3) is 1.35. The van der Waals surface area contributed by atoms with Crippen molar-refractivity contribution in [2.45, 2.75) is 39.0 Å². The Bertz CT molecular complexity index is 171. The van der Waals surface area contributed by atoms with Crippen LogP contribution in [0.1, 0.15) is 39.0 Å². The van der Waals surface area contributed by atoms with E-state index in [1.54, 1.807) is 0 Å². The molecule has 2 heteroatoms. The standard InChI is InChI=1S/C10H17NO/c1-2-3-4-12-11-8-10-5-9(6-10)7-10/h8-9H,2-7H2,1H3. The van der Waals surface area contributed by atoms with E-state index < -0.39 is 0 Å². The van der Waals surface area contributed by atoms with Crippen LogP contribution in [0.25, 0.3) is 0 Å². The van der Waals surface area contributed by atoms with E-state index in [0.29, 0.717) is 5.41 Å². The van der Waals surface area contributed by atoms with Crippen LogP contribution in [0.5, 0.6) is 0 Å². The molecule has 0 spiro atoms. The van der Waals surface area contributed by atoms with Gasteiger partial charge in [-0.2, -0.15) is 0 Å². The van der Waals surface area contributed by atoms with Crippen molar-refractivity contribution in [1.29, 1.82) is 0 Å². The largest absolute Gasteiger partial charge is 0.396 e. The number of hydrogen-bond acceptors (Lipinski definition) is 2. The van der Waals surface area contributed by atoms with E-state index in [1.807, 2.05) is 6.21 Å². The van der Waals surface area contributed by atoms with Crippen LogP contribution in [0.4, 0.5) is 0 Å². The molecule has 2 nitrogen and oxygen atoms in total. The Morgan fingerprint density at radius 1 is 1.50 bits per heavy atom. The fourth-order valence-electron chi connectivity index (χ4n) is 2.11. The van der Waals surface area contributed by atoms with Crippen molar-refractivity contribution in [2.24, 2.45) is 16.5 Å². The Morgan fingerprint density at radius 2 is 2.25 bits per heavy atom. The molecule has 0 radical (unpaired) electrons. The van der Waals surface area contributed by atoms with Crippen LogP contribution in [0.3, 0.4) is 0 Å². The molecule has 0 aliphatic heterocycles. The third-order valence-corrected chi connectivity index (χ3v) is 3.08. The van der Waals surface area contributed by atoms with Crippen molar-refractivity contribution < 1.29 is 4.84 Å². The summed E-state index contributed by atoms with van der Waals surface area (Å²) in [4.78, 5) is 5.14. The Balaban J connectivity index is 1.59. The lowest BCUT2D eigenvalue weighted by molar-refractivity contribution is -0.0390. The Morgan fingerprint density at radius 3 is 2.75 bits per heavy atom. The van der Waals surface area contributed by atoms with E-state index in [2.05, 4.69) is 12.1 Å². The van der Waals surface area contributed by atoms with E-state index in [-0.39, 0.29) is 0 Å². The van der Waals surface area contributed by atoms with Crippen molar-refractivity contribution in [1.82, 2.24) is 0 Å². The van der Waals surface area contributed by atoms with Crippen LogP contribution in [0, 0.1) is 11.3 Å². The van der Waals surface area contributed by atoms with Crippen LogP contribution in [0.15, 0.2) is 5.16 Å². The molecule has 68 valence electrons. The smallest absolute Gasteiger partial charge is 0.117 e. The molecule has 0 aromatic carbocycles. The first-order valence-corrected chi connectivity index (χ1v) is 5.01. The first-order valence-electron chi connectivity index (χ1n) is 5.01. The lowest BCUT2D eigenvalue weighted by Crippen LogP contribution is -2.52. The molecule has 0 saturated heterocycles. The van der Waals surface area contributed by atoms with Gasteiger partial charge < -0.3 is 4.84 Å². The molecule has 0 atom stereocenters. The van der Waals surface area contributed by atoms with Crippen LogP contribution in [-0.4, -0.2) is 12.8 Å². The van der Waals surface area contributed by atoms with Gasteiger partial charge in [-0.25, -0.2) is 0 Å². The maximum Gasteiger partial charge on any atom is 0.117 e. The van der Waals surface area contributed by atoms with Gasteiger partial charge in [0.2, 0.25) is 0 Å². The van der Waals surface area contributed by atoms with Crippen molar-refractivity contribution in [3.05, 3.63) is 0 Å². The Kier molecular flexibility index (Phi) is 2.07. The molecular weight excluding hydrogens is 150 g/mol. The van der Waals surface area contributed by atoms with Crippen molar-refractivity contribution in [3.63, 3.8) is 0 Å². The zero-order chi connectivity index (χ0) is 8.44. The van der Waals surface area contributed by atoms with Gasteiger partial charge in [0.15, 0.2) is 0 Å². The summed E-state index contributed by atoms with van der Waals surface area (Å²) in [7, 11) is 0. The summed E-state index contributed by atoms with van der Waals surface area (Å²) >= 11 is 0. The second-order valence-corrected chi connectivity index (χ2v) is 4.26. The molecular formula is C10H17NO. The van der Waals surface area contributed by atoms with Crippen LogP contribution in [0.2, 0.25) is 0 Å². The predicted molar refractivity (Wildman–Crippen MR) is 49.1 cm³/mol. The van der Waals surface area contributed by atoms with Crippen LogP contribution < -0.4 is 0 Å². The molecule has 0 heterocycles. The molecule has 12 heavy (non-hydrogen) atoms. The molecule has 2 bridgehead atoms. The zero-order valence-corrected chi connectivity index (χ0v) is 7.75. The summed E-state index contributed by atoms with van der Waals surface area (Å²) in [5.74, 6) is 1.03. The highest BCUT2D eigenvalue weighted by Crippen LogP contribution is 2.63. The summed E-state index contributed by atoms with van der Waals surface area (Å²) in [6.07, 6.45) is 8.45. The molecule has 0 amide bonds. The van der Waals surface area contributed by atoms with Gasteiger partial charge in [-0.1, -0.05) is 18.5 Å². The van der Waals surface area contributed by atoms with Gasteiger partial charge in [-0.3, -0.25) is 0 Å². The summed E-state index contributed by atoms with van der Waals surface area (Å²) in [6.45, 7) is 2.95. The van der Waals surface area contributed by atoms with E-state index in [0.717, 1.165) is 18.9 Å². The quantitative estimate of drug-likeness (QED) is 0.350. The summed E-state index contributed by atoms with van der Waals surface area (Å²) in [6, 6.07) is 0. The van der Waals surface area contributed by atoms with Gasteiger partial charge in [-0.15, -0.1) is 0 Å². The van der Waals surface area contributed by atoms with E-state index in [1.165, 1.54) is 25.7 Å². The minimum Gasteiger partial charge on any atom is -0.396 e. The average Bonchev–Trinajstić information content (AvgIpc) is 1.90. The Labute approximate surface area is 74.0 Å². The fraction of sp³-hybridized carbons (Fsp3) is 0.900. The Hall–Kier alpha value is -0.530. The van der Waals surface area contributed by atoms with Crippen LogP contribution >= 0.6 is 0 Å². The molecule has 0 aromatic heterocycles. The molecule has 3 saturated carbocycles. The zero-order valence-electron chi connectivity index (χ0n) is 7.75. The SMILES string of the molecule is CCCCON=CC12CC(C1)C2. The number of nitrogens with zero attached hydrogens (tertiary/aromatic N) is 1. The number of unbranched alkanes of at least 4 members (excludes halogenated alkanes) is 1. The van der Waals surface area contributed by atoms with Crippen molar-refractivity contribution in [2.75, 3.05) is 6.61 Å². The molecule has 3 aliphatic carbocycles. The summed E-state index contributed by atoms with van der Waals surface area (Å²) < 4.78 is 0. The number of rotatable bonds is 5. The maximum absolute atomic E-state index is 5.14. The lowest BCUT2D eigenvalue weighted by atomic mass is 9.45. The molecule has 0 unspecified atom stereocenters. The second-order valence-electron chi connectivity index (χ2n) is 4.26. The van der Waals surface area contributed by atoms with E-state index in [9.17, 15) is 0 Å². The second kappa shape index (κ2) is 3.08. The first kappa shape index (κ1) is 8.09. The summed E-state index contributed by atoms with van der Waals surface area (Å²) in [5, 5.41) is 4.02. The third-order valence-electron chi connectivity index (χ3n) is 3.08. The van der Waals surface area contributed by atoms with Gasteiger partial charge in [0, 0.05) is 11.6 Å². The maximum atomic E-state index is 5.14. The van der Waals surface area contributed by atoms with Crippen molar-refractivity contribution in [3.8, 4) is 0 Å². The van der Waals surface area contributed by atoms with E-state index >= 15 is 0 Å². The van der Waals surface area contributed by atoms with Gasteiger partial charge in [0.1, 0.15) is 6.61 Å². The van der Waals surface area contributed by atoms with Gasteiger partial charge in [0.05, 0.1) is 0 Å². The highest BCUT2D eigenvalue weighted by molar-refractivity contribution is 5.69. The van der Waals surface area contributed by atoms with Crippen LogP contribution in [-0.2, 0) is 4.84 Å². The van der Waals surface area contributed by atoms with Crippen molar-refractivity contribution >= 4 is 6.21 Å². The van der Waals surface area contributed by atoms with Gasteiger partial charge >= 0.3 is 0 Å². The summed E-state index contributed by atoms with van der Waals surface area (Å²) in [5.41, 5.74) is 0.497. The molecule has 3 rings (SSSR count). The minimum atomic E-state index is 0.497. The molecule has 3 aliphatic rings. The number of oxime groups is 1. The number of hydrogen-bond donors (Lipinski definition) is 0. The first-order chi connectivity index (χ1) is 5.85. The molecule has 3 fully saturated rings. The fourth-order valence-corrected chi connectivity index (χ4v) is 2.11. The average molecular weight is 167 g/mol. The van der Waals surface area contributed by atoms with E-state index in [4.69, 9.17) is 4.84 Å². The van der Waals surface area contributed by atoms with Gasteiger partial charge in [-0.05, 0) is 31.6 Å². The highest BCUT2D eigenvalue weighted by Gasteiger charge is 2.55. The minimum absolute atomic E-state index is 0.497. The van der Waals surface area contributed by atoms with Gasteiger partial charge in [0.25, 0.3) is 0 Å². The monoisotopic (exact) mass is 167 g/mol. The molecule has 0 aromatic rings.